The predicted molar refractivity (Wildman–Crippen MR) is 80.3 cm³/mol. The maximum absolute atomic E-state index is 12.1. The number of carbonyl (C=O) groups is 2. The molecule has 21 heavy (non-hydrogen) atoms. The third-order valence-electron chi connectivity index (χ3n) is 3.87. The Morgan fingerprint density at radius 1 is 1.38 bits per heavy atom. The van der Waals surface area contributed by atoms with Gasteiger partial charge in [-0.25, -0.2) is 0 Å². The van der Waals surface area contributed by atoms with Crippen LogP contribution in [-0.4, -0.2) is 34.8 Å². The molecule has 0 unspecified atom stereocenters. The minimum atomic E-state index is 0.0207. The number of aromatic nitrogens is 1. The summed E-state index contributed by atoms with van der Waals surface area (Å²) < 4.78 is 0. The average molecular weight is 289 g/mol. The number of nitrogens with zero attached hydrogens (tertiary/aromatic N) is 2. The van der Waals surface area contributed by atoms with E-state index in [0.29, 0.717) is 26.1 Å². The molecule has 2 heterocycles. The molecule has 2 rings (SSSR count). The van der Waals surface area contributed by atoms with Crippen molar-refractivity contribution in [1.29, 1.82) is 0 Å². The first-order valence-corrected chi connectivity index (χ1v) is 7.65. The standard InChI is InChI=1S/C16H23N3O2/c1-2-4-15(20)19-9-6-14(7-10-19)16(21)18-12-13-5-3-8-17-11-13/h3,5,8,11,14H,2,4,6-7,9-10,12H2,1H3,(H,18,21). The van der Waals surface area contributed by atoms with E-state index in [1.807, 2.05) is 24.0 Å². The molecule has 0 radical (unpaired) electrons. The average Bonchev–Trinajstić information content (AvgIpc) is 2.54. The summed E-state index contributed by atoms with van der Waals surface area (Å²) in [5, 5.41) is 2.96. The topological polar surface area (TPSA) is 62.3 Å². The molecular formula is C16H23N3O2. The Labute approximate surface area is 125 Å². The van der Waals surface area contributed by atoms with Crippen molar-refractivity contribution in [3.8, 4) is 0 Å². The van der Waals surface area contributed by atoms with Crippen molar-refractivity contribution >= 4 is 11.8 Å². The minimum Gasteiger partial charge on any atom is -0.352 e. The van der Waals surface area contributed by atoms with Crippen LogP contribution in [0.1, 0.15) is 38.2 Å². The lowest BCUT2D eigenvalue weighted by Crippen LogP contribution is -2.42. The lowest BCUT2D eigenvalue weighted by molar-refractivity contribution is -0.135. The van der Waals surface area contributed by atoms with Crippen LogP contribution in [0, 0.1) is 5.92 Å². The molecule has 0 saturated carbocycles. The molecule has 1 aromatic heterocycles. The highest BCUT2D eigenvalue weighted by Gasteiger charge is 2.26. The van der Waals surface area contributed by atoms with Crippen molar-refractivity contribution in [2.45, 2.75) is 39.2 Å². The molecule has 5 nitrogen and oxygen atoms in total. The normalized spacial score (nSPS) is 15.8. The summed E-state index contributed by atoms with van der Waals surface area (Å²) in [5.41, 5.74) is 1.00. The molecule has 0 spiro atoms. The summed E-state index contributed by atoms with van der Waals surface area (Å²) in [4.78, 5) is 29.9. The SMILES string of the molecule is CCCC(=O)N1CCC(C(=O)NCc2cccnc2)CC1. The van der Waals surface area contributed by atoms with Gasteiger partial charge in [-0.15, -0.1) is 0 Å². The molecule has 0 bridgehead atoms. The fraction of sp³-hybridized carbons (Fsp3) is 0.562. The van der Waals surface area contributed by atoms with Crippen LogP contribution < -0.4 is 5.32 Å². The Morgan fingerprint density at radius 2 is 2.14 bits per heavy atom. The first-order chi connectivity index (χ1) is 10.2. The summed E-state index contributed by atoms with van der Waals surface area (Å²) in [6.07, 6.45) is 6.48. The highest BCUT2D eigenvalue weighted by Crippen LogP contribution is 2.18. The number of rotatable bonds is 5. The van der Waals surface area contributed by atoms with E-state index in [-0.39, 0.29) is 17.7 Å². The Balaban J connectivity index is 1.74. The molecule has 5 heteroatoms. The zero-order valence-electron chi connectivity index (χ0n) is 12.5. The molecular weight excluding hydrogens is 266 g/mol. The van der Waals surface area contributed by atoms with Gasteiger partial charge < -0.3 is 10.2 Å². The number of hydrogen-bond donors (Lipinski definition) is 1. The van der Waals surface area contributed by atoms with Gasteiger partial charge in [-0.3, -0.25) is 14.6 Å². The van der Waals surface area contributed by atoms with Crippen molar-refractivity contribution in [3.63, 3.8) is 0 Å². The van der Waals surface area contributed by atoms with E-state index < -0.39 is 0 Å². The Bertz CT molecular complexity index is 468. The summed E-state index contributed by atoms with van der Waals surface area (Å²) in [6, 6.07) is 3.80. The minimum absolute atomic E-state index is 0.0207. The van der Waals surface area contributed by atoms with Crippen LogP contribution in [0.15, 0.2) is 24.5 Å². The number of nitrogens with one attached hydrogen (secondary N) is 1. The van der Waals surface area contributed by atoms with E-state index in [1.54, 1.807) is 12.4 Å². The molecule has 1 fully saturated rings. The summed E-state index contributed by atoms with van der Waals surface area (Å²) in [6.45, 7) is 3.92. The van der Waals surface area contributed by atoms with Gasteiger partial charge in [0.25, 0.3) is 0 Å². The first-order valence-electron chi connectivity index (χ1n) is 7.65. The molecule has 0 aliphatic carbocycles. The first kappa shape index (κ1) is 15.5. The maximum atomic E-state index is 12.1. The van der Waals surface area contributed by atoms with Crippen molar-refractivity contribution in [2.75, 3.05) is 13.1 Å². The van der Waals surface area contributed by atoms with E-state index in [9.17, 15) is 9.59 Å². The van der Waals surface area contributed by atoms with Gasteiger partial charge in [0.05, 0.1) is 0 Å². The van der Waals surface area contributed by atoms with Gasteiger partial charge in [0, 0.05) is 44.4 Å². The molecule has 0 atom stereocenters. The van der Waals surface area contributed by atoms with Gasteiger partial charge >= 0.3 is 0 Å². The smallest absolute Gasteiger partial charge is 0.223 e. The second-order valence-corrected chi connectivity index (χ2v) is 5.48. The highest BCUT2D eigenvalue weighted by molar-refractivity contribution is 5.80. The van der Waals surface area contributed by atoms with Crippen molar-refractivity contribution in [2.24, 2.45) is 5.92 Å². The van der Waals surface area contributed by atoms with Crippen molar-refractivity contribution < 1.29 is 9.59 Å². The van der Waals surface area contributed by atoms with Gasteiger partial charge in [0.2, 0.25) is 11.8 Å². The van der Waals surface area contributed by atoms with E-state index in [0.717, 1.165) is 24.8 Å². The zero-order valence-corrected chi connectivity index (χ0v) is 12.5. The summed E-state index contributed by atoms with van der Waals surface area (Å²) in [5.74, 6) is 0.320. The molecule has 2 amide bonds. The van der Waals surface area contributed by atoms with Crippen molar-refractivity contribution in [1.82, 2.24) is 15.2 Å². The lowest BCUT2D eigenvalue weighted by atomic mass is 9.95. The predicted octanol–water partition coefficient (Wildman–Crippen LogP) is 1.74. The monoisotopic (exact) mass is 289 g/mol. The van der Waals surface area contributed by atoms with Crippen molar-refractivity contribution in [3.05, 3.63) is 30.1 Å². The molecule has 0 aromatic carbocycles. The van der Waals surface area contributed by atoms with Crippen LogP contribution in [0.25, 0.3) is 0 Å². The second kappa shape index (κ2) is 7.76. The highest BCUT2D eigenvalue weighted by atomic mass is 16.2. The largest absolute Gasteiger partial charge is 0.352 e. The van der Waals surface area contributed by atoms with Crippen LogP contribution in [-0.2, 0) is 16.1 Å². The third-order valence-corrected chi connectivity index (χ3v) is 3.87. The number of likely N-dealkylation sites (tertiary alicyclic amines) is 1. The van der Waals surface area contributed by atoms with Gasteiger partial charge in [-0.1, -0.05) is 13.0 Å². The molecule has 1 saturated heterocycles. The number of piperidine rings is 1. The molecule has 1 aliphatic heterocycles. The van der Waals surface area contributed by atoms with E-state index >= 15 is 0 Å². The number of amides is 2. The van der Waals surface area contributed by atoms with E-state index in [1.165, 1.54) is 0 Å². The van der Waals surface area contributed by atoms with Gasteiger partial charge in [0.1, 0.15) is 0 Å². The van der Waals surface area contributed by atoms with E-state index in [4.69, 9.17) is 0 Å². The molecule has 1 aromatic rings. The fourth-order valence-electron chi connectivity index (χ4n) is 2.60. The van der Waals surface area contributed by atoms with Crippen LogP contribution in [0.3, 0.4) is 0 Å². The number of carbonyl (C=O) groups excluding carboxylic acids is 2. The number of pyridine rings is 1. The van der Waals surface area contributed by atoms with Gasteiger partial charge in [-0.2, -0.15) is 0 Å². The summed E-state index contributed by atoms with van der Waals surface area (Å²) in [7, 11) is 0. The Kier molecular flexibility index (Phi) is 5.72. The maximum Gasteiger partial charge on any atom is 0.223 e. The Morgan fingerprint density at radius 3 is 2.76 bits per heavy atom. The van der Waals surface area contributed by atoms with Crippen LogP contribution >= 0.6 is 0 Å². The quantitative estimate of drug-likeness (QED) is 0.898. The van der Waals surface area contributed by atoms with Gasteiger partial charge in [-0.05, 0) is 30.9 Å². The molecule has 114 valence electrons. The van der Waals surface area contributed by atoms with E-state index in [2.05, 4.69) is 10.3 Å². The van der Waals surface area contributed by atoms with Crippen LogP contribution in [0.4, 0.5) is 0 Å². The fourth-order valence-corrected chi connectivity index (χ4v) is 2.60. The lowest BCUT2D eigenvalue weighted by Gasteiger charge is -2.31. The third kappa shape index (κ3) is 4.55. The van der Waals surface area contributed by atoms with Crippen LogP contribution in [0.5, 0.6) is 0 Å². The van der Waals surface area contributed by atoms with Crippen LogP contribution in [0.2, 0.25) is 0 Å². The zero-order chi connectivity index (χ0) is 15.1. The molecule has 1 aliphatic rings. The summed E-state index contributed by atoms with van der Waals surface area (Å²) >= 11 is 0. The van der Waals surface area contributed by atoms with Gasteiger partial charge in [0.15, 0.2) is 0 Å². The Hall–Kier alpha value is -1.91. The number of hydrogen-bond acceptors (Lipinski definition) is 3. The second-order valence-electron chi connectivity index (χ2n) is 5.48. The molecule has 1 N–H and O–H groups in total.